The number of likely N-dealkylation sites (tertiary alicyclic amines) is 1. The van der Waals surface area contributed by atoms with E-state index in [1.807, 2.05) is 15.9 Å². The van der Waals surface area contributed by atoms with Crippen LogP contribution in [-0.4, -0.2) is 54.5 Å². The highest BCUT2D eigenvalue weighted by Crippen LogP contribution is 2.26. The molecule has 0 N–H and O–H groups in total. The second-order valence-electron chi connectivity index (χ2n) is 7.76. The molecule has 3 aliphatic heterocycles. The Hall–Kier alpha value is -1.88. The molecular formula is C21H28N2O3. The second kappa shape index (κ2) is 7.78. The quantitative estimate of drug-likeness (QED) is 0.817. The molecule has 2 fully saturated rings. The minimum Gasteiger partial charge on any atom is -0.381 e. The van der Waals surface area contributed by atoms with E-state index < -0.39 is 0 Å². The van der Waals surface area contributed by atoms with Gasteiger partial charge in [-0.15, -0.1) is 0 Å². The first kappa shape index (κ1) is 17.5. The van der Waals surface area contributed by atoms with Crippen LogP contribution in [0.2, 0.25) is 0 Å². The smallest absolute Gasteiger partial charge is 0.226 e. The number of hydrogen-bond donors (Lipinski definition) is 0. The number of ether oxygens (including phenoxy) is 1. The fourth-order valence-corrected chi connectivity index (χ4v) is 4.49. The number of fused-ring (bicyclic) bond motifs is 1. The van der Waals surface area contributed by atoms with Crippen molar-refractivity contribution in [1.82, 2.24) is 9.80 Å². The second-order valence-corrected chi connectivity index (χ2v) is 7.76. The van der Waals surface area contributed by atoms with Gasteiger partial charge in [0.1, 0.15) is 0 Å². The number of hydrogen-bond acceptors (Lipinski definition) is 3. The van der Waals surface area contributed by atoms with E-state index in [0.29, 0.717) is 13.2 Å². The van der Waals surface area contributed by atoms with Crippen LogP contribution in [0.4, 0.5) is 0 Å². The van der Waals surface area contributed by atoms with Crippen LogP contribution in [0.5, 0.6) is 0 Å². The molecule has 2 amide bonds. The maximum absolute atomic E-state index is 12.9. The molecule has 0 spiro atoms. The topological polar surface area (TPSA) is 49.9 Å². The van der Waals surface area contributed by atoms with E-state index in [1.165, 1.54) is 11.1 Å². The monoisotopic (exact) mass is 356 g/mol. The zero-order valence-corrected chi connectivity index (χ0v) is 15.4. The van der Waals surface area contributed by atoms with Crippen molar-refractivity contribution in [3.63, 3.8) is 0 Å². The van der Waals surface area contributed by atoms with Crippen molar-refractivity contribution >= 4 is 11.8 Å². The Morgan fingerprint density at radius 1 is 0.808 bits per heavy atom. The van der Waals surface area contributed by atoms with Crippen molar-refractivity contribution in [2.24, 2.45) is 11.8 Å². The molecule has 2 saturated heterocycles. The Morgan fingerprint density at radius 3 is 2.15 bits per heavy atom. The highest BCUT2D eigenvalue weighted by atomic mass is 16.5. The molecule has 5 nitrogen and oxygen atoms in total. The summed E-state index contributed by atoms with van der Waals surface area (Å²) in [7, 11) is 0. The third-order valence-corrected chi connectivity index (χ3v) is 6.17. The number of carbonyl (C=O) groups is 2. The predicted molar refractivity (Wildman–Crippen MR) is 98.4 cm³/mol. The molecule has 0 aliphatic carbocycles. The van der Waals surface area contributed by atoms with Crippen molar-refractivity contribution in [2.45, 2.75) is 38.6 Å². The van der Waals surface area contributed by atoms with Gasteiger partial charge in [0.25, 0.3) is 0 Å². The van der Waals surface area contributed by atoms with E-state index in [2.05, 4.69) is 18.2 Å². The predicted octanol–water partition coefficient (Wildman–Crippen LogP) is 2.24. The summed E-state index contributed by atoms with van der Waals surface area (Å²) >= 11 is 0. The Morgan fingerprint density at radius 2 is 1.42 bits per heavy atom. The maximum atomic E-state index is 12.9. The molecule has 140 valence electrons. The molecule has 0 atom stereocenters. The zero-order valence-electron chi connectivity index (χ0n) is 15.4. The molecule has 5 heteroatoms. The number of benzene rings is 1. The Labute approximate surface area is 155 Å². The molecular weight excluding hydrogens is 328 g/mol. The van der Waals surface area contributed by atoms with Crippen LogP contribution in [-0.2, 0) is 27.3 Å². The van der Waals surface area contributed by atoms with E-state index in [-0.39, 0.29) is 23.7 Å². The molecule has 0 unspecified atom stereocenters. The first-order valence-corrected chi connectivity index (χ1v) is 9.94. The van der Waals surface area contributed by atoms with E-state index >= 15 is 0 Å². The normalized spacial score (nSPS) is 22.2. The number of amides is 2. The van der Waals surface area contributed by atoms with Gasteiger partial charge < -0.3 is 14.5 Å². The van der Waals surface area contributed by atoms with Crippen LogP contribution < -0.4 is 0 Å². The lowest BCUT2D eigenvalue weighted by Crippen LogP contribution is -2.47. The Balaban J connectivity index is 1.30. The minimum absolute atomic E-state index is 0.0685. The minimum atomic E-state index is 0.0685. The van der Waals surface area contributed by atoms with Gasteiger partial charge in [0.05, 0.1) is 0 Å². The maximum Gasteiger partial charge on any atom is 0.226 e. The molecule has 1 aromatic rings. The first-order valence-electron chi connectivity index (χ1n) is 9.94. The Kier molecular flexibility index (Phi) is 5.25. The zero-order chi connectivity index (χ0) is 17.9. The number of rotatable bonds is 2. The van der Waals surface area contributed by atoms with Gasteiger partial charge in [-0.25, -0.2) is 0 Å². The standard InChI is InChI=1S/C21H28N2O3/c24-20(18-8-13-26-14-9-18)22-10-6-17(7-11-22)21(25)23-12-5-16-3-1-2-4-19(16)15-23/h1-4,17-18H,5-15H2. The summed E-state index contributed by atoms with van der Waals surface area (Å²) in [6.45, 7) is 4.38. The van der Waals surface area contributed by atoms with Crippen molar-refractivity contribution in [3.05, 3.63) is 35.4 Å². The van der Waals surface area contributed by atoms with Crippen LogP contribution in [0.1, 0.15) is 36.8 Å². The number of carbonyl (C=O) groups excluding carboxylic acids is 2. The number of piperidine rings is 1. The molecule has 0 aromatic heterocycles. The lowest BCUT2D eigenvalue weighted by atomic mass is 9.91. The SMILES string of the molecule is O=C(C1CCOCC1)N1CCC(C(=O)N2CCc3ccccc3C2)CC1. The molecule has 1 aromatic carbocycles. The summed E-state index contributed by atoms with van der Waals surface area (Å²) in [6.07, 6.45) is 4.22. The van der Waals surface area contributed by atoms with Crippen molar-refractivity contribution in [1.29, 1.82) is 0 Å². The van der Waals surface area contributed by atoms with Crippen molar-refractivity contribution < 1.29 is 14.3 Å². The van der Waals surface area contributed by atoms with E-state index in [0.717, 1.165) is 58.3 Å². The van der Waals surface area contributed by atoms with Crippen LogP contribution in [0.3, 0.4) is 0 Å². The highest BCUT2D eigenvalue weighted by molar-refractivity contribution is 5.81. The van der Waals surface area contributed by atoms with Gasteiger partial charge in [0.2, 0.25) is 11.8 Å². The highest BCUT2D eigenvalue weighted by Gasteiger charge is 2.33. The summed E-state index contributed by atoms with van der Waals surface area (Å²) in [6, 6.07) is 8.41. The van der Waals surface area contributed by atoms with Gasteiger partial charge in [0, 0.05) is 51.2 Å². The molecule has 3 heterocycles. The largest absolute Gasteiger partial charge is 0.381 e. The van der Waals surface area contributed by atoms with Gasteiger partial charge in [-0.05, 0) is 43.2 Å². The molecule has 26 heavy (non-hydrogen) atoms. The molecule has 3 aliphatic rings. The van der Waals surface area contributed by atoms with Gasteiger partial charge in [-0.3, -0.25) is 9.59 Å². The lowest BCUT2D eigenvalue weighted by Gasteiger charge is -2.37. The average molecular weight is 356 g/mol. The lowest BCUT2D eigenvalue weighted by molar-refractivity contribution is -0.144. The van der Waals surface area contributed by atoms with Crippen molar-refractivity contribution in [2.75, 3.05) is 32.8 Å². The third-order valence-electron chi connectivity index (χ3n) is 6.17. The summed E-state index contributed by atoms with van der Waals surface area (Å²) in [5.74, 6) is 0.734. The molecule has 4 rings (SSSR count). The van der Waals surface area contributed by atoms with Crippen LogP contribution in [0, 0.1) is 11.8 Å². The van der Waals surface area contributed by atoms with E-state index in [4.69, 9.17) is 4.74 Å². The van der Waals surface area contributed by atoms with Crippen LogP contribution in [0.15, 0.2) is 24.3 Å². The van der Waals surface area contributed by atoms with Gasteiger partial charge >= 0.3 is 0 Å². The fourth-order valence-electron chi connectivity index (χ4n) is 4.49. The summed E-state index contributed by atoms with van der Waals surface area (Å²) < 4.78 is 5.36. The van der Waals surface area contributed by atoms with Gasteiger partial charge in [0.15, 0.2) is 0 Å². The third kappa shape index (κ3) is 3.63. The van der Waals surface area contributed by atoms with Gasteiger partial charge in [-0.1, -0.05) is 24.3 Å². The van der Waals surface area contributed by atoms with Crippen molar-refractivity contribution in [3.8, 4) is 0 Å². The first-order chi connectivity index (χ1) is 12.7. The molecule has 0 bridgehead atoms. The van der Waals surface area contributed by atoms with Gasteiger partial charge in [-0.2, -0.15) is 0 Å². The number of nitrogens with zero attached hydrogens (tertiary/aromatic N) is 2. The average Bonchev–Trinajstić information content (AvgIpc) is 2.73. The summed E-state index contributed by atoms with van der Waals surface area (Å²) in [4.78, 5) is 29.6. The van der Waals surface area contributed by atoms with E-state index in [1.54, 1.807) is 0 Å². The molecule has 0 saturated carbocycles. The molecule has 0 radical (unpaired) electrons. The van der Waals surface area contributed by atoms with Crippen LogP contribution >= 0.6 is 0 Å². The fraction of sp³-hybridized carbons (Fsp3) is 0.619. The summed E-state index contributed by atoms with van der Waals surface area (Å²) in [5.41, 5.74) is 2.65. The van der Waals surface area contributed by atoms with Crippen LogP contribution in [0.25, 0.3) is 0 Å². The van der Waals surface area contributed by atoms with E-state index in [9.17, 15) is 9.59 Å². The summed E-state index contributed by atoms with van der Waals surface area (Å²) in [5, 5.41) is 0. The Bertz CT molecular complexity index is 661.